The van der Waals surface area contributed by atoms with E-state index in [-0.39, 0.29) is 6.61 Å². The number of rotatable bonds is 4. The number of aromatic nitrogens is 3. The minimum absolute atomic E-state index is 0.219. The average Bonchev–Trinajstić information content (AvgIpc) is 2.59. The van der Waals surface area contributed by atoms with Crippen LogP contribution in [0.1, 0.15) is 11.3 Å². The van der Waals surface area contributed by atoms with Gasteiger partial charge in [-0.25, -0.2) is 9.97 Å². The summed E-state index contributed by atoms with van der Waals surface area (Å²) in [6, 6.07) is 3.89. The molecule has 0 aliphatic carbocycles. The fraction of sp³-hybridized carbons (Fsp3) is 0.471. The van der Waals surface area contributed by atoms with E-state index in [1.807, 2.05) is 19.1 Å². The van der Waals surface area contributed by atoms with Crippen LogP contribution in [-0.2, 0) is 0 Å². The third-order valence-corrected chi connectivity index (χ3v) is 4.37. The van der Waals surface area contributed by atoms with Crippen LogP contribution in [0.5, 0.6) is 0 Å². The maximum absolute atomic E-state index is 9.06. The Morgan fingerprint density at radius 1 is 1.13 bits per heavy atom. The van der Waals surface area contributed by atoms with Crippen LogP contribution in [0.2, 0.25) is 0 Å². The summed E-state index contributed by atoms with van der Waals surface area (Å²) in [4.78, 5) is 18.2. The lowest BCUT2D eigenvalue weighted by atomic mass is 10.2. The van der Waals surface area contributed by atoms with E-state index in [4.69, 9.17) is 10.1 Å². The molecule has 2 aromatic heterocycles. The van der Waals surface area contributed by atoms with Crippen LogP contribution in [0.15, 0.2) is 24.5 Å². The lowest BCUT2D eigenvalue weighted by molar-refractivity contribution is 0.188. The lowest BCUT2D eigenvalue weighted by Gasteiger charge is -2.36. The Kier molecular flexibility index (Phi) is 4.83. The van der Waals surface area contributed by atoms with E-state index in [0.29, 0.717) is 0 Å². The van der Waals surface area contributed by atoms with Gasteiger partial charge in [-0.15, -0.1) is 0 Å². The molecule has 1 aliphatic heterocycles. The molecule has 0 spiro atoms. The topological polar surface area (TPSA) is 65.4 Å². The molecule has 0 saturated carbocycles. The van der Waals surface area contributed by atoms with Crippen molar-refractivity contribution in [2.75, 3.05) is 44.2 Å². The number of pyridine rings is 1. The molecule has 0 radical (unpaired) electrons. The summed E-state index contributed by atoms with van der Waals surface area (Å²) in [6.07, 6.45) is 3.55. The van der Waals surface area contributed by atoms with Crippen molar-refractivity contribution in [1.82, 2.24) is 19.9 Å². The maximum Gasteiger partial charge on any atom is 0.163 e. The average molecular weight is 313 g/mol. The molecule has 1 fully saturated rings. The predicted molar refractivity (Wildman–Crippen MR) is 90.5 cm³/mol. The third kappa shape index (κ3) is 3.48. The first-order chi connectivity index (χ1) is 11.2. The third-order valence-electron chi connectivity index (χ3n) is 4.37. The Labute approximate surface area is 136 Å². The molecule has 3 rings (SSSR count). The highest BCUT2D eigenvalue weighted by molar-refractivity contribution is 5.59. The van der Waals surface area contributed by atoms with Gasteiger partial charge in [0.15, 0.2) is 5.82 Å². The van der Waals surface area contributed by atoms with Gasteiger partial charge in [0.05, 0.1) is 6.61 Å². The molecule has 2 aromatic rings. The van der Waals surface area contributed by atoms with Crippen molar-refractivity contribution in [2.45, 2.75) is 13.8 Å². The van der Waals surface area contributed by atoms with Gasteiger partial charge in [0.25, 0.3) is 0 Å². The lowest BCUT2D eigenvalue weighted by Crippen LogP contribution is -2.47. The molecule has 0 amide bonds. The van der Waals surface area contributed by atoms with Gasteiger partial charge in [0.1, 0.15) is 5.82 Å². The highest BCUT2D eigenvalue weighted by Crippen LogP contribution is 2.24. The number of anilines is 1. The summed E-state index contributed by atoms with van der Waals surface area (Å²) in [5.41, 5.74) is 3.08. The minimum Gasteiger partial charge on any atom is -0.395 e. The van der Waals surface area contributed by atoms with Gasteiger partial charge >= 0.3 is 0 Å². The molecule has 3 heterocycles. The number of aryl methyl sites for hydroxylation is 1. The molecule has 0 aromatic carbocycles. The van der Waals surface area contributed by atoms with Crippen molar-refractivity contribution in [1.29, 1.82) is 0 Å². The molecule has 6 heteroatoms. The van der Waals surface area contributed by atoms with Gasteiger partial charge in [0.2, 0.25) is 0 Å². The van der Waals surface area contributed by atoms with Crippen molar-refractivity contribution in [3.05, 3.63) is 35.8 Å². The first kappa shape index (κ1) is 15.8. The Morgan fingerprint density at radius 3 is 2.57 bits per heavy atom. The molecule has 122 valence electrons. The molecule has 1 aliphatic rings. The van der Waals surface area contributed by atoms with E-state index in [2.05, 4.69) is 26.7 Å². The van der Waals surface area contributed by atoms with Crippen LogP contribution >= 0.6 is 0 Å². The van der Waals surface area contributed by atoms with Gasteiger partial charge in [-0.05, 0) is 26.0 Å². The Hall–Kier alpha value is -2.05. The van der Waals surface area contributed by atoms with Gasteiger partial charge in [-0.2, -0.15) is 0 Å². The number of piperazine rings is 1. The number of hydrogen-bond acceptors (Lipinski definition) is 6. The second-order valence-corrected chi connectivity index (χ2v) is 5.88. The second-order valence-electron chi connectivity index (χ2n) is 5.88. The smallest absolute Gasteiger partial charge is 0.163 e. The zero-order valence-electron chi connectivity index (χ0n) is 13.7. The zero-order chi connectivity index (χ0) is 16.2. The van der Waals surface area contributed by atoms with Crippen molar-refractivity contribution in [3.63, 3.8) is 0 Å². The van der Waals surface area contributed by atoms with Gasteiger partial charge < -0.3 is 10.0 Å². The minimum atomic E-state index is 0.219. The fourth-order valence-corrected chi connectivity index (χ4v) is 2.87. The van der Waals surface area contributed by atoms with E-state index in [1.165, 1.54) is 0 Å². The van der Waals surface area contributed by atoms with Crippen LogP contribution < -0.4 is 4.90 Å². The molecule has 23 heavy (non-hydrogen) atoms. The Balaban J connectivity index is 1.86. The summed E-state index contributed by atoms with van der Waals surface area (Å²) in [5, 5.41) is 9.06. The van der Waals surface area contributed by atoms with Crippen LogP contribution in [0, 0.1) is 13.8 Å². The van der Waals surface area contributed by atoms with Gasteiger partial charge in [-0.3, -0.25) is 9.88 Å². The molecule has 1 saturated heterocycles. The highest BCUT2D eigenvalue weighted by atomic mass is 16.3. The standard InChI is InChI=1S/C17H23N5O/c1-13-14(2)19-16(15-4-3-5-18-12-15)20-17(13)22-8-6-21(7-9-22)10-11-23/h3-5,12,23H,6-11H2,1-2H3. The SMILES string of the molecule is Cc1nc(-c2cccnc2)nc(N2CCN(CCO)CC2)c1C. The van der Waals surface area contributed by atoms with Crippen LogP contribution in [-0.4, -0.2) is 64.3 Å². The summed E-state index contributed by atoms with van der Waals surface area (Å²) in [6.45, 7) is 8.82. The van der Waals surface area contributed by atoms with Gasteiger partial charge in [-0.1, -0.05) is 0 Å². The van der Waals surface area contributed by atoms with Crippen molar-refractivity contribution >= 4 is 5.82 Å². The summed E-state index contributed by atoms with van der Waals surface area (Å²) < 4.78 is 0. The van der Waals surface area contributed by atoms with E-state index < -0.39 is 0 Å². The molecule has 0 atom stereocenters. The zero-order valence-corrected chi connectivity index (χ0v) is 13.7. The Morgan fingerprint density at radius 2 is 1.91 bits per heavy atom. The fourth-order valence-electron chi connectivity index (χ4n) is 2.87. The number of aliphatic hydroxyl groups is 1. The van der Waals surface area contributed by atoms with Crippen LogP contribution in [0.25, 0.3) is 11.4 Å². The van der Waals surface area contributed by atoms with Crippen molar-refractivity contribution < 1.29 is 5.11 Å². The molecule has 6 nitrogen and oxygen atoms in total. The maximum atomic E-state index is 9.06. The monoisotopic (exact) mass is 313 g/mol. The molecule has 0 unspecified atom stereocenters. The number of nitrogens with zero attached hydrogens (tertiary/aromatic N) is 5. The normalized spacial score (nSPS) is 15.9. The van der Waals surface area contributed by atoms with Crippen LogP contribution in [0.4, 0.5) is 5.82 Å². The first-order valence-corrected chi connectivity index (χ1v) is 8.03. The van der Waals surface area contributed by atoms with Gasteiger partial charge in [0, 0.05) is 61.9 Å². The van der Waals surface area contributed by atoms with Crippen LogP contribution in [0.3, 0.4) is 0 Å². The largest absolute Gasteiger partial charge is 0.395 e. The number of aliphatic hydroxyl groups excluding tert-OH is 1. The first-order valence-electron chi connectivity index (χ1n) is 8.03. The number of β-amino-alcohol motifs (C(OH)–C–C–N with tert-alkyl or cyclic N) is 1. The Bertz CT molecular complexity index is 654. The van der Waals surface area contributed by atoms with E-state index >= 15 is 0 Å². The number of hydrogen-bond donors (Lipinski definition) is 1. The van der Waals surface area contributed by atoms with E-state index in [0.717, 1.165) is 61.2 Å². The van der Waals surface area contributed by atoms with Crippen molar-refractivity contribution in [2.24, 2.45) is 0 Å². The van der Waals surface area contributed by atoms with E-state index in [1.54, 1.807) is 12.4 Å². The molecular weight excluding hydrogens is 290 g/mol. The molecule has 1 N–H and O–H groups in total. The predicted octanol–water partition coefficient (Wildman–Crippen LogP) is 1.27. The molecule has 0 bridgehead atoms. The second kappa shape index (κ2) is 7.02. The molecular formula is C17H23N5O. The summed E-state index contributed by atoms with van der Waals surface area (Å²) >= 11 is 0. The van der Waals surface area contributed by atoms with Crippen molar-refractivity contribution in [3.8, 4) is 11.4 Å². The summed E-state index contributed by atoms with van der Waals surface area (Å²) in [7, 11) is 0. The quantitative estimate of drug-likeness (QED) is 0.917. The highest BCUT2D eigenvalue weighted by Gasteiger charge is 2.21. The van der Waals surface area contributed by atoms with E-state index in [9.17, 15) is 0 Å². The summed E-state index contributed by atoms with van der Waals surface area (Å²) in [5.74, 6) is 1.74.